The molecule has 3 N–H and O–H groups in total. The van der Waals surface area contributed by atoms with E-state index in [0.29, 0.717) is 29.8 Å². The van der Waals surface area contributed by atoms with Crippen molar-refractivity contribution < 1.29 is 9.53 Å². The zero-order chi connectivity index (χ0) is 16.8. The number of carbonyl (C=O) groups excluding carboxylic acids is 1. The molecule has 0 saturated heterocycles. The Morgan fingerprint density at radius 3 is 2.83 bits per heavy atom. The molecule has 1 amide bonds. The van der Waals surface area contributed by atoms with Gasteiger partial charge >= 0.3 is 0 Å². The highest BCUT2D eigenvalue weighted by molar-refractivity contribution is 6.00. The first-order valence-corrected chi connectivity index (χ1v) is 8.46. The summed E-state index contributed by atoms with van der Waals surface area (Å²) in [5, 5.41) is 3.00. The third-order valence-corrected chi connectivity index (χ3v) is 4.65. The average molecular weight is 319 g/mol. The molecule has 1 aliphatic rings. The SMILES string of the molecule is CCCCN(C)c1ccc(N)c(C(=O)NCC2CC(OC)C2)c1. The number of methoxy groups -OCH3 is 1. The maximum Gasteiger partial charge on any atom is 0.253 e. The van der Waals surface area contributed by atoms with Gasteiger partial charge in [-0.05, 0) is 43.4 Å². The molecule has 0 aromatic heterocycles. The molecule has 0 aliphatic heterocycles. The number of nitrogen functional groups attached to an aromatic ring is 1. The van der Waals surface area contributed by atoms with Crippen LogP contribution in [0.5, 0.6) is 0 Å². The number of amides is 1. The van der Waals surface area contributed by atoms with E-state index in [4.69, 9.17) is 10.5 Å². The number of ether oxygens (including phenoxy) is 1. The highest BCUT2D eigenvalue weighted by atomic mass is 16.5. The topological polar surface area (TPSA) is 67.6 Å². The van der Waals surface area contributed by atoms with Crippen molar-refractivity contribution in [2.45, 2.75) is 38.7 Å². The molecule has 0 unspecified atom stereocenters. The second-order valence-electron chi connectivity index (χ2n) is 6.45. The highest BCUT2D eigenvalue weighted by Gasteiger charge is 2.29. The van der Waals surface area contributed by atoms with Gasteiger partial charge in [-0.25, -0.2) is 0 Å². The predicted octanol–water partition coefficient (Wildman–Crippen LogP) is 2.66. The number of nitrogens with one attached hydrogen (secondary N) is 1. The lowest BCUT2D eigenvalue weighted by Crippen LogP contribution is -2.39. The number of carbonyl (C=O) groups is 1. The molecule has 0 spiro atoms. The van der Waals surface area contributed by atoms with Crippen molar-refractivity contribution in [3.05, 3.63) is 23.8 Å². The van der Waals surface area contributed by atoms with Crippen molar-refractivity contribution >= 4 is 17.3 Å². The van der Waals surface area contributed by atoms with E-state index in [1.54, 1.807) is 7.11 Å². The lowest BCUT2D eigenvalue weighted by molar-refractivity contribution is 0.00179. The van der Waals surface area contributed by atoms with Crippen molar-refractivity contribution in [3.63, 3.8) is 0 Å². The normalized spacial score (nSPS) is 20.0. The van der Waals surface area contributed by atoms with Gasteiger partial charge in [0, 0.05) is 38.6 Å². The van der Waals surface area contributed by atoms with Gasteiger partial charge < -0.3 is 20.7 Å². The van der Waals surface area contributed by atoms with Crippen LogP contribution in [0.15, 0.2) is 18.2 Å². The third kappa shape index (κ3) is 4.61. The minimum absolute atomic E-state index is 0.0888. The van der Waals surface area contributed by atoms with Crippen LogP contribution in [0.1, 0.15) is 43.0 Å². The van der Waals surface area contributed by atoms with Crippen LogP contribution in [0.3, 0.4) is 0 Å². The van der Waals surface area contributed by atoms with Gasteiger partial charge in [-0.3, -0.25) is 4.79 Å². The second-order valence-corrected chi connectivity index (χ2v) is 6.45. The Labute approximate surface area is 139 Å². The van der Waals surface area contributed by atoms with Crippen molar-refractivity contribution in [2.24, 2.45) is 5.92 Å². The minimum Gasteiger partial charge on any atom is -0.398 e. The van der Waals surface area contributed by atoms with E-state index in [-0.39, 0.29) is 5.91 Å². The number of rotatable bonds is 8. The maximum atomic E-state index is 12.4. The molecule has 2 rings (SSSR count). The Bertz CT molecular complexity index is 527. The van der Waals surface area contributed by atoms with Gasteiger partial charge in [-0.15, -0.1) is 0 Å². The van der Waals surface area contributed by atoms with Crippen LogP contribution in [0, 0.1) is 5.92 Å². The van der Waals surface area contributed by atoms with E-state index in [9.17, 15) is 4.79 Å². The molecule has 1 aromatic rings. The van der Waals surface area contributed by atoms with Gasteiger partial charge in [0.1, 0.15) is 0 Å². The first-order chi connectivity index (χ1) is 11.0. The van der Waals surface area contributed by atoms with Gasteiger partial charge in [0.2, 0.25) is 0 Å². The second kappa shape index (κ2) is 8.20. The summed E-state index contributed by atoms with van der Waals surface area (Å²) in [6, 6.07) is 5.67. The Balaban J connectivity index is 1.93. The van der Waals surface area contributed by atoms with E-state index < -0.39 is 0 Å². The number of anilines is 2. The Kier molecular flexibility index (Phi) is 6.28. The number of nitrogens with two attached hydrogens (primary N) is 1. The molecule has 0 atom stereocenters. The molecule has 1 fully saturated rings. The highest BCUT2D eigenvalue weighted by Crippen LogP contribution is 2.29. The Morgan fingerprint density at radius 2 is 2.17 bits per heavy atom. The first-order valence-electron chi connectivity index (χ1n) is 8.46. The number of benzene rings is 1. The third-order valence-electron chi connectivity index (χ3n) is 4.65. The van der Waals surface area contributed by atoms with Crippen molar-refractivity contribution in [3.8, 4) is 0 Å². The van der Waals surface area contributed by atoms with E-state index in [1.165, 1.54) is 0 Å². The fraction of sp³-hybridized carbons (Fsp3) is 0.611. The number of nitrogens with zero attached hydrogens (tertiary/aromatic N) is 1. The lowest BCUT2D eigenvalue weighted by atomic mass is 9.82. The van der Waals surface area contributed by atoms with Crippen LogP contribution in [-0.2, 0) is 4.74 Å². The standard InChI is InChI=1S/C18H29N3O2/c1-4-5-8-21(2)14-6-7-17(19)16(11-14)18(22)20-12-13-9-15(10-13)23-3/h6-7,11,13,15H,4-5,8-10,12,19H2,1-3H3,(H,20,22). The smallest absolute Gasteiger partial charge is 0.253 e. The van der Waals surface area contributed by atoms with E-state index in [1.807, 2.05) is 25.2 Å². The molecule has 1 aliphatic carbocycles. The number of hydrogen-bond donors (Lipinski definition) is 2. The van der Waals surface area contributed by atoms with E-state index >= 15 is 0 Å². The molecule has 128 valence electrons. The van der Waals surface area contributed by atoms with Crippen LogP contribution >= 0.6 is 0 Å². The van der Waals surface area contributed by atoms with Crippen LogP contribution < -0.4 is 16.0 Å². The fourth-order valence-electron chi connectivity index (χ4n) is 2.87. The number of hydrogen-bond acceptors (Lipinski definition) is 4. The number of unbranched alkanes of at least 4 members (excludes halogenated alkanes) is 1. The van der Waals surface area contributed by atoms with Gasteiger partial charge in [-0.1, -0.05) is 13.3 Å². The molecule has 0 heterocycles. The summed E-state index contributed by atoms with van der Waals surface area (Å²) in [4.78, 5) is 14.6. The quantitative estimate of drug-likeness (QED) is 0.723. The van der Waals surface area contributed by atoms with Crippen LogP contribution in [0.25, 0.3) is 0 Å². The molecule has 5 heteroatoms. The minimum atomic E-state index is -0.0888. The van der Waals surface area contributed by atoms with Gasteiger partial charge in [0.15, 0.2) is 0 Å². The van der Waals surface area contributed by atoms with Crippen LogP contribution in [0.4, 0.5) is 11.4 Å². The molecular formula is C18H29N3O2. The summed E-state index contributed by atoms with van der Waals surface area (Å²) in [5.74, 6) is 0.426. The molecular weight excluding hydrogens is 290 g/mol. The zero-order valence-corrected chi connectivity index (χ0v) is 14.5. The fourth-order valence-corrected chi connectivity index (χ4v) is 2.87. The average Bonchev–Trinajstić information content (AvgIpc) is 2.51. The first kappa shape index (κ1) is 17.6. The summed E-state index contributed by atoms with van der Waals surface area (Å²) in [7, 11) is 3.78. The monoisotopic (exact) mass is 319 g/mol. The molecule has 5 nitrogen and oxygen atoms in total. The summed E-state index contributed by atoms with van der Waals surface area (Å²) >= 11 is 0. The van der Waals surface area contributed by atoms with E-state index in [2.05, 4.69) is 17.1 Å². The van der Waals surface area contributed by atoms with Crippen molar-refractivity contribution in [2.75, 3.05) is 37.9 Å². The summed E-state index contributed by atoms with van der Waals surface area (Å²) in [6.45, 7) is 3.83. The Hall–Kier alpha value is -1.75. The summed E-state index contributed by atoms with van der Waals surface area (Å²) in [5.41, 5.74) is 8.11. The van der Waals surface area contributed by atoms with Gasteiger partial charge in [-0.2, -0.15) is 0 Å². The van der Waals surface area contributed by atoms with Crippen molar-refractivity contribution in [1.29, 1.82) is 0 Å². The molecule has 1 aromatic carbocycles. The van der Waals surface area contributed by atoms with Gasteiger partial charge in [0.05, 0.1) is 11.7 Å². The molecule has 23 heavy (non-hydrogen) atoms. The van der Waals surface area contributed by atoms with E-state index in [0.717, 1.165) is 37.9 Å². The predicted molar refractivity (Wildman–Crippen MR) is 94.9 cm³/mol. The molecule has 0 radical (unpaired) electrons. The summed E-state index contributed by atoms with van der Waals surface area (Å²) in [6.07, 6.45) is 4.68. The van der Waals surface area contributed by atoms with Crippen molar-refractivity contribution in [1.82, 2.24) is 5.32 Å². The van der Waals surface area contributed by atoms with Gasteiger partial charge in [0.25, 0.3) is 5.91 Å². The molecule has 1 saturated carbocycles. The van der Waals surface area contributed by atoms with Crippen LogP contribution in [0.2, 0.25) is 0 Å². The summed E-state index contributed by atoms with van der Waals surface area (Å²) < 4.78 is 5.26. The zero-order valence-electron chi connectivity index (χ0n) is 14.5. The van der Waals surface area contributed by atoms with Crippen LogP contribution in [-0.4, -0.2) is 39.3 Å². The molecule has 0 bridgehead atoms. The largest absolute Gasteiger partial charge is 0.398 e. The lowest BCUT2D eigenvalue weighted by Gasteiger charge is -2.34. The Morgan fingerprint density at radius 1 is 1.43 bits per heavy atom. The maximum absolute atomic E-state index is 12.4.